The van der Waals surface area contributed by atoms with E-state index in [4.69, 9.17) is 0 Å². The first-order chi connectivity index (χ1) is 8.70. The number of piperidine rings is 1. The summed E-state index contributed by atoms with van der Waals surface area (Å²) in [7, 11) is 0. The van der Waals surface area contributed by atoms with Crippen LogP contribution in [-0.2, 0) is 0 Å². The van der Waals surface area contributed by atoms with Crippen LogP contribution in [0.2, 0.25) is 0 Å². The minimum Gasteiger partial charge on any atom is -0.313 e. The number of nitrogens with one attached hydrogen (secondary N) is 1. The molecule has 0 spiro atoms. The number of nitrogens with zero attached hydrogens (tertiary/aromatic N) is 2. The van der Waals surface area contributed by atoms with Crippen LogP contribution in [-0.4, -0.2) is 60.6 Å². The predicted molar refractivity (Wildman–Crippen MR) is 78.0 cm³/mol. The Morgan fingerprint density at radius 3 is 2.33 bits per heavy atom. The molecule has 2 fully saturated rings. The third-order valence-corrected chi connectivity index (χ3v) is 4.56. The largest absolute Gasteiger partial charge is 0.313 e. The molecule has 0 radical (unpaired) electrons. The Labute approximate surface area is 113 Å². The van der Waals surface area contributed by atoms with Crippen molar-refractivity contribution in [3.63, 3.8) is 0 Å². The molecule has 2 rings (SSSR count). The molecule has 106 valence electrons. The molecule has 0 aromatic heterocycles. The van der Waals surface area contributed by atoms with Crippen molar-refractivity contribution in [2.75, 3.05) is 32.7 Å². The Bertz CT molecular complexity index is 230. The van der Waals surface area contributed by atoms with Gasteiger partial charge in [-0.3, -0.25) is 4.90 Å². The summed E-state index contributed by atoms with van der Waals surface area (Å²) in [5, 5.41) is 3.76. The Hall–Kier alpha value is -0.120. The van der Waals surface area contributed by atoms with Gasteiger partial charge in [0, 0.05) is 31.2 Å². The predicted octanol–water partition coefficient (Wildman–Crippen LogP) is 1.93. The molecule has 0 atom stereocenters. The molecule has 2 aliphatic rings. The third kappa shape index (κ3) is 4.22. The normalized spacial score (nSPS) is 23.2. The van der Waals surface area contributed by atoms with E-state index < -0.39 is 0 Å². The van der Waals surface area contributed by atoms with Gasteiger partial charge in [0.15, 0.2) is 0 Å². The smallest absolute Gasteiger partial charge is 0.0110 e. The van der Waals surface area contributed by atoms with E-state index >= 15 is 0 Å². The van der Waals surface area contributed by atoms with Crippen LogP contribution in [0.1, 0.15) is 46.5 Å². The van der Waals surface area contributed by atoms with E-state index in [1.165, 1.54) is 58.4 Å². The molecule has 1 aliphatic carbocycles. The maximum Gasteiger partial charge on any atom is 0.0110 e. The van der Waals surface area contributed by atoms with Gasteiger partial charge in [-0.1, -0.05) is 6.92 Å². The molecule has 1 N–H and O–H groups in total. The summed E-state index contributed by atoms with van der Waals surface area (Å²) >= 11 is 0. The first-order valence-electron chi connectivity index (χ1n) is 7.92. The highest BCUT2D eigenvalue weighted by molar-refractivity contribution is 4.85. The van der Waals surface area contributed by atoms with Gasteiger partial charge in [0.2, 0.25) is 0 Å². The highest BCUT2D eigenvalue weighted by Crippen LogP contribution is 2.25. The van der Waals surface area contributed by atoms with E-state index in [2.05, 4.69) is 35.9 Å². The van der Waals surface area contributed by atoms with Crippen molar-refractivity contribution in [2.45, 2.75) is 64.6 Å². The van der Waals surface area contributed by atoms with Crippen molar-refractivity contribution in [3.8, 4) is 0 Å². The molecule has 1 saturated heterocycles. The van der Waals surface area contributed by atoms with Crippen LogP contribution >= 0.6 is 0 Å². The second-order valence-corrected chi connectivity index (χ2v) is 6.22. The van der Waals surface area contributed by atoms with E-state index in [1.54, 1.807) is 0 Å². The molecule has 1 aliphatic heterocycles. The van der Waals surface area contributed by atoms with E-state index in [9.17, 15) is 0 Å². The molecule has 0 aromatic rings. The van der Waals surface area contributed by atoms with Gasteiger partial charge >= 0.3 is 0 Å². The minimum atomic E-state index is 0.719. The van der Waals surface area contributed by atoms with Crippen LogP contribution in [0.4, 0.5) is 0 Å². The second-order valence-electron chi connectivity index (χ2n) is 6.22. The molecular formula is C15H31N3. The average Bonchev–Trinajstić information content (AvgIpc) is 3.19. The maximum atomic E-state index is 3.76. The van der Waals surface area contributed by atoms with E-state index in [0.29, 0.717) is 0 Å². The SMILES string of the molecule is CCN(CCNC1CCN(C(C)C)CC1)C1CC1. The Kier molecular flexibility index (Phi) is 5.46. The lowest BCUT2D eigenvalue weighted by Gasteiger charge is -2.35. The summed E-state index contributed by atoms with van der Waals surface area (Å²) in [5.41, 5.74) is 0. The lowest BCUT2D eigenvalue weighted by Crippen LogP contribution is -2.46. The zero-order valence-electron chi connectivity index (χ0n) is 12.5. The van der Waals surface area contributed by atoms with E-state index in [-0.39, 0.29) is 0 Å². The van der Waals surface area contributed by atoms with Crippen molar-refractivity contribution < 1.29 is 0 Å². The minimum absolute atomic E-state index is 0.719. The molecular weight excluding hydrogens is 222 g/mol. The molecule has 0 aromatic carbocycles. The van der Waals surface area contributed by atoms with Crippen LogP contribution in [0.5, 0.6) is 0 Å². The molecule has 3 heteroatoms. The van der Waals surface area contributed by atoms with Gasteiger partial charge in [-0.05, 0) is 59.2 Å². The Morgan fingerprint density at radius 2 is 1.83 bits per heavy atom. The lowest BCUT2D eigenvalue weighted by atomic mass is 10.0. The molecule has 0 bridgehead atoms. The first kappa shape index (κ1) is 14.3. The Morgan fingerprint density at radius 1 is 1.17 bits per heavy atom. The number of hydrogen-bond acceptors (Lipinski definition) is 3. The summed E-state index contributed by atoms with van der Waals surface area (Å²) in [5.74, 6) is 0. The fourth-order valence-electron chi connectivity index (χ4n) is 3.07. The van der Waals surface area contributed by atoms with Crippen molar-refractivity contribution in [1.82, 2.24) is 15.1 Å². The number of hydrogen-bond donors (Lipinski definition) is 1. The third-order valence-electron chi connectivity index (χ3n) is 4.56. The quantitative estimate of drug-likeness (QED) is 0.748. The molecule has 0 unspecified atom stereocenters. The van der Waals surface area contributed by atoms with Crippen LogP contribution < -0.4 is 5.32 Å². The van der Waals surface area contributed by atoms with E-state index in [0.717, 1.165) is 18.1 Å². The summed E-state index contributed by atoms with van der Waals surface area (Å²) in [6.07, 6.45) is 5.52. The van der Waals surface area contributed by atoms with Crippen LogP contribution in [0.15, 0.2) is 0 Å². The maximum absolute atomic E-state index is 3.76. The van der Waals surface area contributed by atoms with Gasteiger partial charge in [-0.25, -0.2) is 0 Å². The molecule has 3 nitrogen and oxygen atoms in total. The van der Waals surface area contributed by atoms with Gasteiger partial charge in [0.05, 0.1) is 0 Å². The van der Waals surface area contributed by atoms with E-state index in [1.807, 2.05) is 0 Å². The van der Waals surface area contributed by atoms with Crippen molar-refractivity contribution >= 4 is 0 Å². The van der Waals surface area contributed by atoms with Gasteiger partial charge in [-0.15, -0.1) is 0 Å². The zero-order valence-corrected chi connectivity index (χ0v) is 12.5. The fourth-order valence-corrected chi connectivity index (χ4v) is 3.07. The standard InChI is InChI=1S/C15H31N3/c1-4-17(15-5-6-15)12-9-16-14-7-10-18(11-8-14)13(2)3/h13-16H,4-12H2,1-3H3. The summed E-state index contributed by atoms with van der Waals surface area (Å²) in [6.45, 7) is 13.1. The second kappa shape index (κ2) is 6.88. The number of likely N-dealkylation sites (N-methyl/N-ethyl adjacent to an activating group) is 1. The number of likely N-dealkylation sites (tertiary alicyclic amines) is 1. The monoisotopic (exact) mass is 253 g/mol. The highest BCUT2D eigenvalue weighted by Gasteiger charge is 2.27. The van der Waals surface area contributed by atoms with Crippen LogP contribution in [0.25, 0.3) is 0 Å². The number of rotatable bonds is 7. The van der Waals surface area contributed by atoms with Gasteiger partial charge in [0.25, 0.3) is 0 Å². The van der Waals surface area contributed by atoms with Crippen molar-refractivity contribution in [2.24, 2.45) is 0 Å². The van der Waals surface area contributed by atoms with Crippen molar-refractivity contribution in [1.29, 1.82) is 0 Å². The molecule has 1 saturated carbocycles. The van der Waals surface area contributed by atoms with Crippen LogP contribution in [0.3, 0.4) is 0 Å². The molecule has 0 amide bonds. The summed E-state index contributed by atoms with van der Waals surface area (Å²) in [6, 6.07) is 2.40. The zero-order chi connectivity index (χ0) is 13.0. The van der Waals surface area contributed by atoms with Gasteiger partial charge < -0.3 is 10.2 Å². The van der Waals surface area contributed by atoms with Gasteiger partial charge in [0.1, 0.15) is 0 Å². The average molecular weight is 253 g/mol. The van der Waals surface area contributed by atoms with Crippen LogP contribution in [0, 0.1) is 0 Å². The fraction of sp³-hybridized carbons (Fsp3) is 1.00. The highest BCUT2D eigenvalue weighted by atomic mass is 15.2. The molecule has 18 heavy (non-hydrogen) atoms. The topological polar surface area (TPSA) is 18.5 Å². The summed E-state index contributed by atoms with van der Waals surface area (Å²) in [4.78, 5) is 5.23. The first-order valence-corrected chi connectivity index (χ1v) is 7.92. The lowest BCUT2D eigenvalue weighted by molar-refractivity contribution is 0.158. The molecule has 1 heterocycles. The Balaban J connectivity index is 1.57. The van der Waals surface area contributed by atoms with Gasteiger partial charge in [-0.2, -0.15) is 0 Å². The van der Waals surface area contributed by atoms with Crippen molar-refractivity contribution in [3.05, 3.63) is 0 Å². The summed E-state index contributed by atoms with van der Waals surface area (Å²) < 4.78 is 0.